The molecule has 1 atom stereocenters. The average Bonchev–Trinajstić information content (AvgIpc) is 3.41. The summed E-state index contributed by atoms with van der Waals surface area (Å²) < 4.78 is 10.7. The standard InChI is InChI=1S/C22H24N2O5S/c1-13-7-10-30-21(13)18-17(20(26)22(27)24(18)9-4-8-23(2)3)19(25)14-5-6-15-16(11-14)29-12-28-15/h5-7,10-11,18,25H,4,8-9,12H2,1-3H3/b19-17-. The molecule has 3 heterocycles. The zero-order chi connectivity index (χ0) is 21.4. The van der Waals surface area contributed by atoms with E-state index in [0.717, 1.165) is 23.4 Å². The van der Waals surface area contributed by atoms with Gasteiger partial charge in [-0.1, -0.05) is 0 Å². The van der Waals surface area contributed by atoms with Crippen molar-refractivity contribution in [2.75, 3.05) is 34.0 Å². The number of hydrogen-bond acceptors (Lipinski definition) is 7. The van der Waals surface area contributed by atoms with Crippen molar-refractivity contribution in [3.63, 3.8) is 0 Å². The van der Waals surface area contributed by atoms with Crippen LogP contribution in [0.3, 0.4) is 0 Å². The number of aliphatic hydroxyl groups excluding tert-OH is 1. The molecule has 1 aromatic carbocycles. The highest BCUT2D eigenvalue weighted by Gasteiger charge is 2.46. The number of thiophene rings is 1. The van der Waals surface area contributed by atoms with Gasteiger partial charge in [-0.05, 0) is 69.2 Å². The molecule has 0 bridgehead atoms. The lowest BCUT2D eigenvalue weighted by Gasteiger charge is -2.25. The molecular formula is C22H24N2O5S. The van der Waals surface area contributed by atoms with Gasteiger partial charge in [-0.25, -0.2) is 0 Å². The van der Waals surface area contributed by atoms with Crippen molar-refractivity contribution in [2.24, 2.45) is 0 Å². The molecule has 158 valence electrons. The summed E-state index contributed by atoms with van der Waals surface area (Å²) in [5, 5.41) is 13.0. The second-order valence-electron chi connectivity index (χ2n) is 7.69. The van der Waals surface area contributed by atoms with Crippen molar-refractivity contribution < 1.29 is 24.2 Å². The summed E-state index contributed by atoms with van der Waals surface area (Å²) in [6, 6.07) is 6.35. The second kappa shape index (κ2) is 8.12. The summed E-state index contributed by atoms with van der Waals surface area (Å²) in [7, 11) is 3.93. The molecule has 0 spiro atoms. The number of Topliss-reactive ketones (excluding diaryl/α,β-unsaturated/α-hetero) is 1. The fourth-order valence-corrected chi connectivity index (χ4v) is 4.85. The summed E-state index contributed by atoms with van der Waals surface area (Å²) in [5.41, 5.74) is 1.53. The van der Waals surface area contributed by atoms with Crippen LogP contribution < -0.4 is 9.47 Å². The van der Waals surface area contributed by atoms with Gasteiger partial charge in [-0.3, -0.25) is 9.59 Å². The van der Waals surface area contributed by atoms with Crippen molar-refractivity contribution in [2.45, 2.75) is 19.4 Å². The number of carbonyl (C=O) groups is 2. The number of nitrogens with zero attached hydrogens (tertiary/aromatic N) is 2. The van der Waals surface area contributed by atoms with Gasteiger partial charge >= 0.3 is 0 Å². The summed E-state index contributed by atoms with van der Waals surface area (Å²) in [5.74, 6) is -0.342. The van der Waals surface area contributed by atoms with E-state index in [1.165, 1.54) is 11.3 Å². The normalized spacial score (nSPS) is 19.9. The largest absolute Gasteiger partial charge is 0.507 e. The van der Waals surface area contributed by atoms with E-state index in [1.54, 1.807) is 23.1 Å². The predicted octanol–water partition coefficient (Wildman–Crippen LogP) is 3.16. The molecule has 8 heteroatoms. The maximum atomic E-state index is 13.0. The Morgan fingerprint density at radius 3 is 2.70 bits per heavy atom. The van der Waals surface area contributed by atoms with Crippen LogP contribution in [0.2, 0.25) is 0 Å². The van der Waals surface area contributed by atoms with Crippen LogP contribution in [0, 0.1) is 6.92 Å². The van der Waals surface area contributed by atoms with E-state index in [4.69, 9.17) is 9.47 Å². The Balaban J connectivity index is 1.78. The van der Waals surface area contributed by atoms with Crippen molar-refractivity contribution in [3.8, 4) is 11.5 Å². The first-order valence-corrected chi connectivity index (χ1v) is 10.6. The fourth-order valence-electron chi connectivity index (χ4n) is 3.80. The van der Waals surface area contributed by atoms with E-state index in [2.05, 4.69) is 0 Å². The van der Waals surface area contributed by atoms with Gasteiger partial charge in [0.15, 0.2) is 11.5 Å². The van der Waals surface area contributed by atoms with Gasteiger partial charge in [0.25, 0.3) is 11.7 Å². The number of ketones is 1. The van der Waals surface area contributed by atoms with Gasteiger partial charge in [0.2, 0.25) is 6.79 Å². The molecule has 0 saturated carbocycles. The van der Waals surface area contributed by atoms with E-state index in [1.807, 2.05) is 37.4 Å². The van der Waals surface area contributed by atoms with Gasteiger partial charge < -0.3 is 24.4 Å². The third-order valence-electron chi connectivity index (χ3n) is 5.34. The molecule has 7 nitrogen and oxygen atoms in total. The van der Waals surface area contributed by atoms with E-state index < -0.39 is 17.7 Å². The van der Waals surface area contributed by atoms with Gasteiger partial charge in [0, 0.05) is 17.0 Å². The maximum absolute atomic E-state index is 13.0. The number of rotatable bonds is 6. The van der Waals surface area contributed by atoms with Gasteiger partial charge in [-0.2, -0.15) is 0 Å². The molecule has 30 heavy (non-hydrogen) atoms. The summed E-state index contributed by atoms with van der Waals surface area (Å²) in [4.78, 5) is 30.4. The lowest BCUT2D eigenvalue weighted by atomic mass is 9.98. The number of ether oxygens (including phenoxy) is 2. The van der Waals surface area contributed by atoms with Crippen molar-refractivity contribution in [3.05, 3.63) is 51.2 Å². The van der Waals surface area contributed by atoms with Crippen LogP contribution in [-0.4, -0.2) is 60.6 Å². The van der Waals surface area contributed by atoms with Gasteiger partial charge in [0.1, 0.15) is 5.76 Å². The first-order valence-electron chi connectivity index (χ1n) is 9.75. The zero-order valence-corrected chi connectivity index (χ0v) is 18.0. The molecule has 1 amide bonds. The van der Waals surface area contributed by atoms with Crippen molar-refractivity contribution in [1.29, 1.82) is 0 Å². The Bertz CT molecular complexity index is 1030. The molecule has 1 aromatic heterocycles. The summed E-state index contributed by atoms with van der Waals surface area (Å²) in [6.07, 6.45) is 0.727. The van der Waals surface area contributed by atoms with E-state index >= 15 is 0 Å². The zero-order valence-electron chi connectivity index (χ0n) is 17.2. The predicted molar refractivity (Wildman–Crippen MR) is 114 cm³/mol. The lowest BCUT2D eigenvalue weighted by Crippen LogP contribution is -2.32. The molecule has 1 fully saturated rings. The number of hydrogen-bond donors (Lipinski definition) is 1. The Morgan fingerprint density at radius 2 is 2.00 bits per heavy atom. The van der Waals surface area contributed by atoms with E-state index in [9.17, 15) is 14.7 Å². The van der Waals surface area contributed by atoms with E-state index in [-0.39, 0.29) is 18.1 Å². The number of likely N-dealkylation sites (tertiary alicyclic amines) is 1. The number of benzene rings is 1. The van der Waals surface area contributed by atoms with Crippen LogP contribution in [0.15, 0.2) is 35.2 Å². The molecule has 2 aliphatic heterocycles. The third-order valence-corrected chi connectivity index (χ3v) is 6.41. The van der Waals surface area contributed by atoms with Crippen LogP contribution in [-0.2, 0) is 9.59 Å². The van der Waals surface area contributed by atoms with Crippen LogP contribution in [0.1, 0.15) is 28.5 Å². The minimum atomic E-state index is -0.659. The highest BCUT2D eigenvalue weighted by molar-refractivity contribution is 7.10. The quantitative estimate of drug-likeness (QED) is 0.433. The van der Waals surface area contributed by atoms with Crippen LogP contribution in [0.25, 0.3) is 5.76 Å². The van der Waals surface area contributed by atoms with Crippen molar-refractivity contribution in [1.82, 2.24) is 9.80 Å². The molecule has 0 radical (unpaired) electrons. The minimum absolute atomic E-state index is 0.115. The average molecular weight is 429 g/mol. The highest BCUT2D eigenvalue weighted by Crippen LogP contribution is 2.43. The second-order valence-corrected chi connectivity index (χ2v) is 8.63. The molecule has 0 aliphatic carbocycles. The first-order chi connectivity index (χ1) is 14.4. The molecular weight excluding hydrogens is 404 g/mol. The molecule has 4 rings (SSSR count). The molecule has 2 aromatic rings. The van der Waals surface area contributed by atoms with Gasteiger partial charge in [0.05, 0.1) is 11.6 Å². The summed E-state index contributed by atoms with van der Waals surface area (Å²) >= 11 is 1.48. The SMILES string of the molecule is Cc1ccsc1C1/C(=C(/O)c2ccc3c(c2)OCO3)C(=O)C(=O)N1CCCN(C)C. The van der Waals surface area contributed by atoms with Crippen LogP contribution in [0.5, 0.6) is 11.5 Å². The number of amides is 1. The summed E-state index contributed by atoms with van der Waals surface area (Å²) in [6.45, 7) is 3.29. The smallest absolute Gasteiger partial charge is 0.295 e. The monoisotopic (exact) mass is 428 g/mol. The molecule has 1 unspecified atom stereocenters. The minimum Gasteiger partial charge on any atom is -0.507 e. The first kappa shape index (κ1) is 20.4. The van der Waals surface area contributed by atoms with E-state index in [0.29, 0.717) is 23.6 Å². The number of aryl methyl sites for hydroxylation is 1. The number of aliphatic hydroxyl groups is 1. The molecule has 1 N–H and O–H groups in total. The molecule has 2 aliphatic rings. The third kappa shape index (κ3) is 3.57. The van der Waals surface area contributed by atoms with Gasteiger partial charge in [-0.15, -0.1) is 11.3 Å². The topological polar surface area (TPSA) is 79.3 Å². The van der Waals surface area contributed by atoms with Crippen LogP contribution in [0.4, 0.5) is 0 Å². The maximum Gasteiger partial charge on any atom is 0.295 e. The Morgan fingerprint density at radius 1 is 1.23 bits per heavy atom. The number of carbonyl (C=O) groups excluding carboxylic acids is 2. The van der Waals surface area contributed by atoms with Crippen molar-refractivity contribution >= 4 is 28.8 Å². The Hall–Kier alpha value is -2.84. The lowest BCUT2D eigenvalue weighted by molar-refractivity contribution is -0.139. The highest BCUT2D eigenvalue weighted by atomic mass is 32.1. The fraction of sp³-hybridized carbons (Fsp3) is 0.364. The Kier molecular flexibility index (Phi) is 5.53. The van der Waals surface area contributed by atoms with Crippen LogP contribution >= 0.6 is 11.3 Å². The number of fused-ring (bicyclic) bond motifs is 1. The molecule has 1 saturated heterocycles. The Labute approximate surface area is 179 Å².